The molecule has 0 aliphatic carbocycles. The number of esters is 1. The van der Waals surface area contributed by atoms with E-state index in [1.165, 1.54) is 6.08 Å². The highest BCUT2D eigenvalue weighted by molar-refractivity contribution is 6.10. The van der Waals surface area contributed by atoms with Gasteiger partial charge in [0.05, 0.1) is 0 Å². The molecule has 0 radical (unpaired) electrons. The van der Waals surface area contributed by atoms with Crippen molar-refractivity contribution in [3.05, 3.63) is 146 Å². The largest absolute Gasteiger partial charge is 0.489 e. The quantitative estimate of drug-likeness (QED) is 0.0109. The minimum Gasteiger partial charge on any atom is -0.489 e. The van der Waals surface area contributed by atoms with Gasteiger partial charge in [-0.3, -0.25) is 19.4 Å². The van der Waals surface area contributed by atoms with Crippen LogP contribution in [0, 0.1) is 0 Å². The van der Waals surface area contributed by atoms with Gasteiger partial charge >= 0.3 is 5.97 Å². The summed E-state index contributed by atoms with van der Waals surface area (Å²) < 4.78 is 18.3. The summed E-state index contributed by atoms with van der Waals surface area (Å²) >= 11 is 0. The third-order valence-electron chi connectivity index (χ3n) is 11.2. The molecule has 6 rings (SSSR count). The zero-order chi connectivity index (χ0) is 47.5. The molecule has 3 atom stereocenters. The highest BCUT2D eigenvalue weighted by atomic mass is 35.5. The van der Waals surface area contributed by atoms with Gasteiger partial charge in [0, 0.05) is 17.7 Å². The Labute approximate surface area is 414 Å². The van der Waals surface area contributed by atoms with Crippen LogP contribution < -0.4 is 42.6 Å². The lowest BCUT2D eigenvalue weighted by Crippen LogP contribution is -2.56. The Bertz CT molecular complexity index is 2740. The average Bonchev–Trinajstić information content (AvgIpc) is 3.34. The summed E-state index contributed by atoms with van der Waals surface area (Å²) in [6.07, 6.45) is 4.96. The summed E-state index contributed by atoms with van der Waals surface area (Å²) in [4.78, 5) is 59.6. The van der Waals surface area contributed by atoms with Gasteiger partial charge in [-0.25, -0.2) is 4.79 Å². The monoisotopic (exact) mass is 977 g/mol. The number of hydrogen-bond donors (Lipinski definition) is 6. The standard InChI is InChI=1S/C53H59N7O7.2ClH/c1-3-15-44(52(64)67-33-38-20-13-19-35-16-5-8-21-39(35)38)60-51(63)43(25-14-31-57-53(55)56)59-50(62)42(24-11-12-30-54)58-47(61)34-66-46-29-27-37-18-7-10-23-41(37)49(46)48-40-22-9-6-17-36(40)26-28-45(48)65-32-4-2;;/h3-10,13,16-23,26-29,42-44H,1-2,11-12,14-15,24-25,30-34,54H2,(H,58,61)(H,59,62)(H,60,63)(H4,55,56,57);2*1H/t42-,43-,44+;;/m1../s1. The van der Waals surface area contributed by atoms with Gasteiger partial charge < -0.3 is 47.4 Å². The highest BCUT2D eigenvalue weighted by Crippen LogP contribution is 2.45. The van der Waals surface area contributed by atoms with Gasteiger partial charge in [-0.05, 0) is 95.1 Å². The van der Waals surface area contributed by atoms with E-state index in [4.69, 9.17) is 31.4 Å². The number of halogens is 2. The van der Waals surface area contributed by atoms with Crippen LogP contribution >= 0.6 is 24.8 Å². The first-order valence-corrected chi connectivity index (χ1v) is 22.4. The van der Waals surface area contributed by atoms with Crippen LogP contribution in [0.4, 0.5) is 0 Å². The molecular weight excluding hydrogens is 918 g/mol. The molecular formula is C53H61Cl2N7O7. The van der Waals surface area contributed by atoms with E-state index in [0.717, 1.165) is 49.0 Å². The lowest BCUT2D eigenvalue weighted by Gasteiger charge is -2.25. The maximum atomic E-state index is 14.2. The number of hydrogen-bond acceptors (Lipinski definition) is 9. The summed E-state index contributed by atoms with van der Waals surface area (Å²) in [5.41, 5.74) is 19.2. The zero-order valence-corrected chi connectivity index (χ0v) is 40.0. The maximum absolute atomic E-state index is 14.2. The topological polar surface area (TPSA) is 222 Å². The summed E-state index contributed by atoms with van der Waals surface area (Å²) in [7, 11) is 0. The first kappa shape index (κ1) is 54.5. The van der Waals surface area contributed by atoms with Crippen molar-refractivity contribution < 1.29 is 33.4 Å². The fourth-order valence-electron chi connectivity index (χ4n) is 7.91. The van der Waals surface area contributed by atoms with Crippen molar-refractivity contribution >= 4 is 86.8 Å². The van der Waals surface area contributed by atoms with Crippen LogP contribution in [-0.4, -0.2) is 74.1 Å². The molecule has 9 N–H and O–H groups in total. The molecule has 364 valence electrons. The van der Waals surface area contributed by atoms with Crippen LogP contribution in [0.15, 0.2) is 146 Å². The van der Waals surface area contributed by atoms with Crippen LogP contribution in [-0.2, 0) is 30.5 Å². The molecule has 14 nitrogen and oxygen atoms in total. The van der Waals surface area contributed by atoms with E-state index < -0.39 is 48.4 Å². The molecule has 16 heteroatoms. The van der Waals surface area contributed by atoms with Gasteiger partial charge in [0.1, 0.15) is 42.8 Å². The Kier molecular flexibility index (Phi) is 21.8. The summed E-state index contributed by atoms with van der Waals surface area (Å²) in [6, 6.07) is 33.6. The number of nitrogens with zero attached hydrogens (tertiary/aromatic N) is 1. The Balaban J connectivity index is 0.00000518. The third kappa shape index (κ3) is 14.9. The van der Waals surface area contributed by atoms with E-state index in [1.54, 1.807) is 6.08 Å². The fourth-order valence-corrected chi connectivity index (χ4v) is 7.91. The van der Waals surface area contributed by atoms with Crippen LogP contribution in [0.1, 0.15) is 44.1 Å². The second kappa shape index (κ2) is 27.6. The van der Waals surface area contributed by atoms with Crippen LogP contribution in [0.2, 0.25) is 0 Å². The van der Waals surface area contributed by atoms with Gasteiger partial charge in [0.25, 0.3) is 5.91 Å². The van der Waals surface area contributed by atoms with Crippen LogP contribution in [0.25, 0.3) is 43.4 Å². The van der Waals surface area contributed by atoms with E-state index in [2.05, 4.69) is 34.1 Å². The second-order valence-corrected chi connectivity index (χ2v) is 16.0. The van der Waals surface area contributed by atoms with Gasteiger partial charge in [0.2, 0.25) is 11.8 Å². The van der Waals surface area contributed by atoms with Crippen molar-refractivity contribution in [1.29, 1.82) is 0 Å². The number of nitrogens with one attached hydrogen (secondary N) is 3. The molecule has 69 heavy (non-hydrogen) atoms. The average molecular weight is 979 g/mol. The second-order valence-electron chi connectivity index (χ2n) is 16.0. The molecule has 0 aliphatic heterocycles. The molecule has 0 fully saturated rings. The van der Waals surface area contributed by atoms with Crippen molar-refractivity contribution in [2.45, 2.75) is 63.3 Å². The molecule has 0 aliphatic rings. The smallest absolute Gasteiger partial charge is 0.329 e. The van der Waals surface area contributed by atoms with Crippen molar-refractivity contribution in [3.63, 3.8) is 0 Å². The van der Waals surface area contributed by atoms with Crippen LogP contribution in [0.5, 0.6) is 11.5 Å². The molecule has 6 aromatic carbocycles. The van der Waals surface area contributed by atoms with Crippen molar-refractivity contribution in [2.75, 3.05) is 26.3 Å². The van der Waals surface area contributed by atoms with Gasteiger partial charge in [0.15, 0.2) is 12.6 Å². The fraction of sp³-hybridized carbons (Fsp3) is 0.264. The molecule has 0 heterocycles. The molecule has 6 aromatic rings. The van der Waals surface area contributed by atoms with Gasteiger partial charge in [-0.15, -0.1) is 31.4 Å². The minimum absolute atomic E-state index is 0. The first-order valence-electron chi connectivity index (χ1n) is 22.4. The summed E-state index contributed by atoms with van der Waals surface area (Å²) in [6.45, 7) is 7.96. The highest BCUT2D eigenvalue weighted by Gasteiger charge is 2.30. The van der Waals surface area contributed by atoms with Gasteiger partial charge in [-0.2, -0.15) is 0 Å². The normalized spacial score (nSPS) is 12.0. The number of carbonyl (C=O) groups is 4. The number of ether oxygens (including phenoxy) is 3. The summed E-state index contributed by atoms with van der Waals surface area (Å²) in [5.74, 6) is -1.57. The van der Waals surface area contributed by atoms with Crippen molar-refractivity contribution in [1.82, 2.24) is 16.0 Å². The number of nitrogens with two attached hydrogens (primary N) is 3. The number of fused-ring (bicyclic) bond motifs is 3. The van der Waals surface area contributed by atoms with Crippen molar-refractivity contribution in [2.24, 2.45) is 22.2 Å². The number of carbonyl (C=O) groups excluding carboxylic acids is 4. The van der Waals surface area contributed by atoms with E-state index in [-0.39, 0.29) is 69.8 Å². The van der Waals surface area contributed by atoms with E-state index in [0.29, 0.717) is 37.3 Å². The third-order valence-corrected chi connectivity index (χ3v) is 11.2. The Morgan fingerprint density at radius 1 is 0.609 bits per heavy atom. The lowest BCUT2D eigenvalue weighted by molar-refractivity contribution is -0.149. The summed E-state index contributed by atoms with van der Waals surface area (Å²) in [5, 5.41) is 14.1. The molecule has 0 spiro atoms. The SMILES string of the molecule is C=CCOc1ccc2ccccc2c1-c1c(OCC(=O)N[C@H](CCCCN)C(=O)N[C@H](CCCN=C(N)N)C(=O)N[C@@H](CC=C)C(=O)OCc2cccc3ccccc23)ccc2ccccc12.Cl.Cl. The number of rotatable bonds is 25. The zero-order valence-electron chi connectivity index (χ0n) is 38.4. The number of amides is 3. The number of unbranched alkanes of at least 4 members (excludes halogenated alkanes) is 1. The Morgan fingerprint density at radius 3 is 1.74 bits per heavy atom. The van der Waals surface area contributed by atoms with Crippen LogP contribution in [0.3, 0.4) is 0 Å². The molecule has 3 amide bonds. The number of guanidine groups is 1. The first-order chi connectivity index (χ1) is 32.6. The molecule has 0 aromatic heterocycles. The van der Waals surface area contributed by atoms with Gasteiger partial charge in [-0.1, -0.05) is 122 Å². The molecule has 0 saturated heterocycles. The van der Waals surface area contributed by atoms with E-state index >= 15 is 0 Å². The minimum atomic E-state index is -1.15. The Morgan fingerprint density at radius 2 is 1.14 bits per heavy atom. The van der Waals surface area contributed by atoms with E-state index in [9.17, 15) is 19.2 Å². The predicted molar refractivity (Wildman–Crippen MR) is 280 cm³/mol. The number of benzene rings is 6. The molecule has 0 saturated carbocycles. The predicted octanol–water partition coefficient (Wildman–Crippen LogP) is 7.56. The lowest BCUT2D eigenvalue weighted by atomic mass is 9.92. The number of aliphatic imine (C=N–C) groups is 1. The molecule has 0 bridgehead atoms. The van der Waals surface area contributed by atoms with E-state index in [1.807, 2.05) is 115 Å². The maximum Gasteiger partial charge on any atom is 0.329 e. The Hall–Kier alpha value is -7.13. The molecule has 0 unspecified atom stereocenters. The van der Waals surface area contributed by atoms with Crippen molar-refractivity contribution in [3.8, 4) is 22.6 Å².